The van der Waals surface area contributed by atoms with Crippen LogP contribution in [0.15, 0.2) is 41.4 Å². The minimum absolute atomic E-state index is 0.296. The average Bonchev–Trinajstić information content (AvgIpc) is 3.31. The minimum Gasteiger partial charge on any atom is -0.493 e. The van der Waals surface area contributed by atoms with Crippen LogP contribution in [-0.2, 0) is 11.8 Å². The number of aliphatic imine (C=N–C) groups is 1. The summed E-state index contributed by atoms with van der Waals surface area (Å²) >= 11 is 0. The van der Waals surface area contributed by atoms with Crippen molar-refractivity contribution >= 4 is 11.5 Å². The van der Waals surface area contributed by atoms with Gasteiger partial charge in [0.15, 0.2) is 0 Å². The lowest BCUT2D eigenvalue weighted by molar-refractivity contribution is 0.321. The Labute approximate surface area is 148 Å². The number of likely N-dealkylation sites (N-methyl/N-ethyl adjacent to an activating group) is 1. The molecule has 128 valence electrons. The molecule has 1 atom stereocenters. The average molecular weight is 334 g/mol. The lowest BCUT2D eigenvalue weighted by Gasteiger charge is -2.27. The zero-order valence-electron chi connectivity index (χ0n) is 14.7. The predicted octanol–water partition coefficient (Wildman–Crippen LogP) is 3.56. The number of fused-ring (bicyclic) bond motifs is 5. The Morgan fingerprint density at radius 3 is 2.80 bits per heavy atom. The van der Waals surface area contributed by atoms with Crippen LogP contribution in [0.1, 0.15) is 30.5 Å². The van der Waals surface area contributed by atoms with Crippen molar-refractivity contribution in [2.45, 2.75) is 25.7 Å². The normalized spacial score (nSPS) is 24.2. The van der Waals surface area contributed by atoms with Gasteiger partial charge in [-0.05, 0) is 37.1 Å². The van der Waals surface area contributed by atoms with E-state index in [2.05, 4.69) is 55.1 Å². The number of benzene rings is 2. The maximum Gasteiger partial charge on any atom is 0.127 e. The van der Waals surface area contributed by atoms with Gasteiger partial charge in [-0.15, -0.1) is 0 Å². The fourth-order valence-corrected chi connectivity index (χ4v) is 4.56. The van der Waals surface area contributed by atoms with Gasteiger partial charge < -0.3 is 14.4 Å². The van der Waals surface area contributed by atoms with Crippen molar-refractivity contribution in [1.29, 1.82) is 0 Å². The lowest BCUT2D eigenvalue weighted by atomic mass is 9.76. The van der Waals surface area contributed by atoms with Gasteiger partial charge in [0.05, 0.1) is 6.61 Å². The van der Waals surface area contributed by atoms with Crippen LogP contribution in [0.2, 0.25) is 0 Å². The molecule has 1 spiro atoms. The zero-order chi connectivity index (χ0) is 17.0. The molecule has 0 aliphatic carbocycles. The number of hydrogen-bond acceptors (Lipinski definition) is 3. The van der Waals surface area contributed by atoms with Crippen molar-refractivity contribution in [3.05, 3.63) is 53.1 Å². The molecule has 0 aromatic heterocycles. The fraction of sp³-hybridized carbons (Fsp3) is 0.381. The van der Waals surface area contributed by atoms with Crippen molar-refractivity contribution in [3.63, 3.8) is 0 Å². The predicted molar refractivity (Wildman–Crippen MR) is 99.4 cm³/mol. The van der Waals surface area contributed by atoms with Gasteiger partial charge in [-0.3, -0.25) is 4.99 Å². The first-order chi connectivity index (χ1) is 12.3. The van der Waals surface area contributed by atoms with E-state index in [9.17, 15) is 0 Å². The third kappa shape index (κ3) is 1.80. The number of amidine groups is 1. The van der Waals surface area contributed by atoms with Crippen molar-refractivity contribution in [2.24, 2.45) is 4.99 Å². The second kappa shape index (κ2) is 5.25. The summed E-state index contributed by atoms with van der Waals surface area (Å²) in [6, 6.07) is 13.0. The first-order valence-corrected chi connectivity index (χ1v) is 9.14. The highest BCUT2D eigenvalue weighted by molar-refractivity contribution is 6.14. The van der Waals surface area contributed by atoms with E-state index >= 15 is 0 Å². The Hall–Kier alpha value is -2.49. The molecule has 2 aromatic rings. The Bertz CT molecular complexity index is 889. The molecule has 0 saturated carbocycles. The van der Waals surface area contributed by atoms with E-state index < -0.39 is 0 Å². The molecule has 2 aromatic carbocycles. The molecular formula is C21H22N2O2. The van der Waals surface area contributed by atoms with Gasteiger partial charge in [-0.25, -0.2) is 0 Å². The van der Waals surface area contributed by atoms with E-state index in [0.29, 0.717) is 6.61 Å². The largest absolute Gasteiger partial charge is 0.493 e. The van der Waals surface area contributed by atoms with Crippen LogP contribution in [0.25, 0.3) is 0 Å². The molecule has 0 amide bonds. The molecule has 3 heterocycles. The summed E-state index contributed by atoms with van der Waals surface area (Å²) in [7, 11) is 0. The van der Waals surface area contributed by atoms with Gasteiger partial charge in [0.1, 0.15) is 29.4 Å². The Morgan fingerprint density at radius 1 is 1.08 bits per heavy atom. The molecule has 25 heavy (non-hydrogen) atoms. The molecule has 1 unspecified atom stereocenters. The molecule has 4 nitrogen and oxygen atoms in total. The zero-order valence-corrected chi connectivity index (χ0v) is 14.7. The number of nitrogens with zero attached hydrogens (tertiary/aromatic N) is 2. The van der Waals surface area contributed by atoms with Gasteiger partial charge >= 0.3 is 0 Å². The highest BCUT2D eigenvalue weighted by Gasteiger charge is 2.54. The molecule has 5 rings (SSSR count). The Kier molecular flexibility index (Phi) is 3.11. The summed E-state index contributed by atoms with van der Waals surface area (Å²) < 4.78 is 11.9. The first-order valence-electron chi connectivity index (χ1n) is 9.14. The standard InChI is InChI=1S/C21H22N2O2/c1-3-22-20-21(15-7-5-6-8-17(15)23(20)4-2)13-25-19-12-18-14(9-10-24-18)11-16(19)21/h5-8,11-12H,3-4,9-10,13H2,1-2H3. The van der Waals surface area contributed by atoms with E-state index in [0.717, 1.165) is 43.5 Å². The highest BCUT2D eigenvalue weighted by Crippen LogP contribution is 2.54. The van der Waals surface area contributed by atoms with Crippen molar-refractivity contribution in [2.75, 3.05) is 31.2 Å². The Balaban J connectivity index is 1.80. The van der Waals surface area contributed by atoms with E-state index in [1.807, 2.05) is 0 Å². The molecule has 0 bridgehead atoms. The summed E-state index contributed by atoms with van der Waals surface area (Å²) in [5.74, 6) is 3.04. The van der Waals surface area contributed by atoms with E-state index in [1.165, 1.54) is 22.4 Å². The second-order valence-electron chi connectivity index (χ2n) is 6.81. The maximum absolute atomic E-state index is 6.20. The number of rotatable bonds is 2. The highest BCUT2D eigenvalue weighted by atomic mass is 16.5. The molecule has 3 aliphatic heterocycles. The first kappa shape index (κ1) is 14.8. The third-order valence-corrected chi connectivity index (χ3v) is 5.61. The Morgan fingerprint density at radius 2 is 1.96 bits per heavy atom. The molecule has 0 saturated heterocycles. The smallest absolute Gasteiger partial charge is 0.127 e. The maximum atomic E-state index is 6.20. The van der Waals surface area contributed by atoms with Crippen LogP contribution < -0.4 is 14.4 Å². The second-order valence-corrected chi connectivity index (χ2v) is 6.81. The summed E-state index contributed by atoms with van der Waals surface area (Å²) in [6.07, 6.45) is 0.970. The molecule has 3 aliphatic rings. The van der Waals surface area contributed by atoms with Crippen molar-refractivity contribution in [1.82, 2.24) is 0 Å². The van der Waals surface area contributed by atoms with Gasteiger partial charge in [-0.2, -0.15) is 0 Å². The summed E-state index contributed by atoms with van der Waals surface area (Å²) in [5.41, 5.74) is 4.79. The number of para-hydroxylation sites is 1. The molecule has 4 heteroatoms. The third-order valence-electron chi connectivity index (χ3n) is 5.61. The van der Waals surface area contributed by atoms with Crippen LogP contribution in [-0.4, -0.2) is 32.1 Å². The number of ether oxygens (including phenoxy) is 2. The van der Waals surface area contributed by atoms with Crippen LogP contribution >= 0.6 is 0 Å². The van der Waals surface area contributed by atoms with Gasteiger partial charge in [0, 0.05) is 36.8 Å². The van der Waals surface area contributed by atoms with E-state index in [-0.39, 0.29) is 5.41 Å². The molecule has 0 N–H and O–H groups in total. The number of anilines is 1. The topological polar surface area (TPSA) is 34.1 Å². The van der Waals surface area contributed by atoms with Gasteiger partial charge in [0.25, 0.3) is 0 Å². The number of hydrogen-bond donors (Lipinski definition) is 0. The summed E-state index contributed by atoms with van der Waals surface area (Å²) in [6.45, 7) is 7.33. The lowest BCUT2D eigenvalue weighted by Crippen LogP contribution is -2.43. The molecule has 0 radical (unpaired) electrons. The van der Waals surface area contributed by atoms with Gasteiger partial charge in [0.2, 0.25) is 0 Å². The molecule has 0 fully saturated rings. The van der Waals surface area contributed by atoms with E-state index in [4.69, 9.17) is 14.5 Å². The quantitative estimate of drug-likeness (QED) is 0.842. The monoisotopic (exact) mass is 334 g/mol. The fourth-order valence-electron chi connectivity index (χ4n) is 4.56. The van der Waals surface area contributed by atoms with Crippen LogP contribution in [0.4, 0.5) is 5.69 Å². The van der Waals surface area contributed by atoms with E-state index in [1.54, 1.807) is 0 Å². The van der Waals surface area contributed by atoms with Crippen LogP contribution in [0, 0.1) is 0 Å². The van der Waals surface area contributed by atoms with Crippen molar-refractivity contribution in [3.8, 4) is 11.5 Å². The van der Waals surface area contributed by atoms with Gasteiger partial charge in [-0.1, -0.05) is 18.2 Å². The molecular weight excluding hydrogens is 312 g/mol. The minimum atomic E-state index is -0.296. The SMILES string of the molecule is CCN=C1N(CC)c2ccccc2C12COc1cc3c(cc12)CCO3. The van der Waals surface area contributed by atoms with Crippen LogP contribution in [0.3, 0.4) is 0 Å². The van der Waals surface area contributed by atoms with Crippen molar-refractivity contribution < 1.29 is 9.47 Å². The summed E-state index contributed by atoms with van der Waals surface area (Å²) in [5, 5.41) is 0. The van der Waals surface area contributed by atoms with Crippen LogP contribution in [0.5, 0.6) is 11.5 Å². The summed E-state index contributed by atoms with van der Waals surface area (Å²) in [4.78, 5) is 7.30.